The van der Waals surface area contributed by atoms with E-state index in [-0.39, 0.29) is 5.78 Å². The van der Waals surface area contributed by atoms with E-state index in [0.29, 0.717) is 29.5 Å². The molecular weight excluding hydrogens is 246 g/mol. The van der Waals surface area contributed by atoms with E-state index in [4.69, 9.17) is 17.3 Å². The van der Waals surface area contributed by atoms with Crippen LogP contribution in [0.25, 0.3) is 0 Å². The average Bonchev–Trinajstić information content (AvgIpc) is 2.65. The van der Waals surface area contributed by atoms with Gasteiger partial charge in [0.05, 0.1) is 0 Å². The lowest BCUT2D eigenvalue weighted by Crippen LogP contribution is -2.38. The van der Waals surface area contributed by atoms with Crippen molar-refractivity contribution in [3.05, 3.63) is 0 Å². The Balaban J connectivity index is 2.41. The summed E-state index contributed by atoms with van der Waals surface area (Å²) in [5.74, 6) is -0.0460. The number of hydrogen-bond acceptors (Lipinski definition) is 4. The second-order valence-corrected chi connectivity index (χ2v) is 5.48. The monoisotopic (exact) mass is 261 g/mol. The zero-order valence-corrected chi connectivity index (χ0v) is 10.8. The van der Waals surface area contributed by atoms with Crippen LogP contribution in [0.3, 0.4) is 0 Å². The first-order chi connectivity index (χ1) is 7.52. The minimum atomic E-state index is -0.813. The zero-order chi connectivity index (χ0) is 12.1. The normalized spacial score (nSPS) is 19.8. The SMILES string of the molecule is CC(=O)CCSC(=S)N1CCC[C@H]1C(=O)O. The maximum atomic E-state index is 10.9. The molecule has 1 aliphatic heterocycles. The van der Waals surface area contributed by atoms with E-state index in [1.807, 2.05) is 0 Å². The highest BCUT2D eigenvalue weighted by Gasteiger charge is 2.31. The van der Waals surface area contributed by atoms with Crippen LogP contribution in [0.15, 0.2) is 0 Å². The van der Waals surface area contributed by atoms with Gasteiger partial charge in [-0.1, -0.05) is 24.0 Å². The van der Waals surface area contributed by atoms with E-state index in [2.05, 4.69) is 0 Å². The summed E-state index contributed by atoms with van der Waals surface area (Å²) in [7, 11) is 0. The van der Waals surface area contributed by atoms with Crippen LogP contribution in [0.1, 0.15) is 26.2 Å². The van der Waals surface area contributed by atoms with Crippen LogP contribution in [-0.4, -0.2) is 44.4 Å². The predicted molar refractivity (Wildman–Crippen MR) is 67.7 cm³/mol. The molecule has 0 aromatic carbocycles. The highest BCUT2D eigenvalue weighted by Crippen LogP contribution is 2.23. The number of carbonyl (C=O) groups excluding carboxylic acids is 1. The van der Waals surface area contributed by atoms with Gasteiger partial charge in [0.25, 0.3) is 0 Å². The molecule has 6 heteroatoms. The van der Waals surface area contributed by atoms with Gasteiger partial charge >= 0.3 is 5.97 Å². The van der Waals surface area contributed by atoms with Crippen molar-refractivity contribution in [2.24, 2.45) is 0 Å². The van der Waals surface area contributed by atoms with E-state index in [1.165, 1.54) is 11.8 Å². The molecule has 0 radical (unpaired) electrons. The Morgan fingerprint density at radius 2 is 2.25 bits per heavy atom. The van der Waals surface area contributed by atoms with Crippen LogP contribution >= 0.6 is 24.0 Å². The van der Waals surface area contributed by atoms with Crippen molar-refractivity contribution in [1.29, 1.82) is 0 Å². The molecule has 1 rings (SSSR count). The smallest absolute Gasteiger partial charge is 0.326 e. The molecule has 0 amide bonds. The molecule has 0 aliphatic carbocycles. The summed E-state index contributed by atoms with van der Waals surface area (Å²) in [6, 6.07) is -0.475. The Morgan fingerprint density at radius 1 is 1.56 bits per heavy atom. The van der Waals surface area contributed by atoms with Gasteiger partial charge in [-0.25, -0.2) is 4.79 Å². The van der Waals surface area contributed by atoms with Crippen LogP contribution in [0.2, 0.25) is 0 Å². The standard InChI is InChI=1S/C10H15NO3S2/c1-7(12)4-6-16-10(15)11-5-2-3-8(11)9(13)14/h8H,2-6H2,1H3,(H,13,14)/t8-/m0/s1. The summed E-state index contributed by atoms with van der Waals surface area (Å²) in [6.07, 6.45) is 2.00. The minimum absolute atomic E-state index is 0.131. The molecule has 0 bridgehead atoms. The maximum absolute atomic E-state index is 10.9. The number of carbonyl (C=O) groups is 2. The third-order valence-corrected chi connectivity index (χ3v) is 3.93. The van der Waals surface area contributed by atoms with Gasteiger partial charge in [0.1, 0.15) is 16.1 Å². The molecule has 1 heterocycles. The molecule has 0 aromatic heterocycles. The second kappa shape index (κ2) is 6.20. The minimum Gasteiger partial charge on any atom is -0.480 e. The van der Waals surface area contributed by atoms with E-state index in [9.17, 15) is 9.59 Å². The molecule has 1 atom stereocenters. The number of aliphatic carboxylic acids is 1. The molecular formula is C10H15NO3S2. The van der Waals surface area contributed by atoms with Gasteiger partial charge in [-0.15, -0.1) is 0 Å². The van der Waals surface area contributed by atoms with Crippen molar-refractivity contribution in [3.63, 3.8) is 0 Å². The maximum Gasteiger partial charge on any atom is 0.326 e. The largest absolute Gasteiger partial charge is 0.480 e. The molecule has 16 heavy (non-hydrogen) atoms. The van der Waals surface area contributed by atoms with Gasteiger partial charge < -0.3 is 10.0 Å². The van der Waals surface area contributed by atoms with E-state index >= 15 is 0 Å². The van der Waals surface area contributed by atoms with Gasteiger partial charge in [-0.05, 0) is 19.8 Å². The molecule has 90 valence electrons. The number of ketones is 1. The van der Waals surface area contributed by atoms with Crippen LogP contribution in [0.4, 0.5) is 0 Å². The van der Waals surface area contributed by atoms with Gasteiger partial charge in [-0.3, -0.25) is 4.79 Å². The Morgan fingerprint density at radius 3 is 2.81 bits per heavy atom. The Hall–Kier alpha value is -0.620. The summed E-state index contributed by atoms with van der Waals surface area (Å²) in [5, 5.41) is 8.98. The molecule has 1 aliphatic rings. The highest BCUT2D eigenvalue weighted by molar-refractivity contribution is 8.22. The second-order valence-electron chi connectivity index (χ2n) is 3.76. The van der Waals surface area contributed by atoms with Crippen LogP contribution < -0.4 is 0 Å². The van der Waals surface area contributed by atoms with Crippen molar-refractivity contribution in [2.45, 2.75) is 32.2 Å². The van der Waals surface area contributed by atoms with Gasteiger partial charge in [-0.2, -0.15) is 0 Å². The molecule has 1 N–H and O–H groups in total. The van der Waals surface area contributed by atoms with Crippen LogP contribution in [0.5, 0.6) is 0 Å². The van der Waals surface area contributed by atoms with E-state index in [0.717, 1.165) is 6.42 Å². The molecule has 0 aromatic rings. The Bertz CT molecular complexity index is 306. The van der Waals surface area contributed by atoms with Crippen molar-refractivity contribution in [2.75, 3.05) is 12.3 Å². The van der Waals surface area contributed by atoms with Gasteiger partial charge in [0, 0.05) is 18.7 Å². The van der Waals surface area contributed by atoms with Crippen molar-refractivity contribution in [1.82, 2.24) is 4.90 Å². The third kappa shape index (κ3) is 3.75. The first kappa shape index (κ1) is 13.4. The number of carboxylic acid groups (broad SMARTS) is 1. The van der Waals surface area contributed by atoms with Gasteiger partial charge in [0.15, 0.2) is 0 Å². The lowest BCUT2D eigenvalue weighted by atomic mass is 10.2. The summed E-state index contributed by atoms with van der Waals surface area (Å²) in [6.45, 7) is 2.25. The van der Waals surface area contributed by atoms with E-state index < -0.39 is 12.0 Å². The molecule has 1 saturated heterocycles. The molecule has 0 unspecified atom stereocenters. The zero-order valence-electron chi connectivity index (χ0n) is 9.14. The average molecular weight is 261 g/mol. The van der Waals surface area contributed by atoms with Crippen LogP contribution in [-0.2, 0) is 9.59 Å². The molecule has 1 fully saturated rings. The number of Topliss-reactive ketones (excluding diaryl/α,β-unsaturated/α-hetero) is 1. The molecule has 0 spiro atoms. The summed E-state index contributed by atoms with van der Waals surface area (Å²) < 4.78 is 0.603. The molecule has 4 nitrogen and oxygen atoms in total. The summed E-state index contributed by atoms with van der Waals surface area (Å²) >= 11 is 6.57. The molecule has 0 saturated carbocycles. The summed E-state index contributed by atoms with van der Waals surface area (Å²) in [5.41, 5.74) is 0. The fourth-order valence-corrected chi connectivity index (χ4v) is 3.02. The quantitative estimate of drug-likeness (QED) is 0.775. The third-order valence-electron chi connectivity index (χ3n) is 2.45. The fraction of sp³-hybridized carbons (Fsp3) is 0.700. The fourth-order valence-electron chi connectivity index (χ4n) is 1.61. The Kier molecular flexibility index (Phi) is 5.21. The van der Waals surface area contributed by atoms with Crippen molar-refractivity contribution < 1.29 is 14.7 Å². The number of likely N-dealkylation sites (tertiary alicyclic amines) is 1. The number of carboxylic acids is 1. The van der Waals surface area contributed by atoms with Crippen LogP contribution in [0, 0.1) is 0 Å². The summed E-state index contributed by atoms with van der Waals surface area (Å²) in [4.78, 5) is 23.4. The highest BCUT2D eigenvalue weighted by atomic mass is 32.2. The lowest BCUT2D eigenvalue weighted by molar-refractivity contribution is -0.140. The number of thioether (sulfide) groups is 1. The van der Waals surface area contributed by atoms with Crippen molar-refractivity contribution >= 4 is 40.1 Å². The number of thiocarbonyl (C=S) groups is 1. The number of hydrogen-bond donors (Lipinski definition) is 1. The number of rotatable bonds is 4. The first-order valence-electron chi connectivity index (χ1n) is 5.18. The van der Waals surface area contributed by atoms with Gasteiger partial charge in [0.2, 0.25) is 0 Å². The van der Waals surface area contributed by atoms with Crippen molar-refractivity contribution in [3.8, 4) is 0 Å². The topological polar surface area (TPSA) is 57.6 Å². The first-order valence-corrected chi connectivity index (χ1v) is 6.57. The van der Waals surface area contributed by atoms with E-state index in [1.54, 1.807) is 11.8 Å². The number of nitrogens with zero attached hydrogens (tertiary/aromatic N) is 1. The predicted octanol–water partition coefficient (Wildman–Crippen LogP) is 1.53. The lowest BCUT2D eigenvalue weighted by Gasteiger charge is -2.23. The Labute approximate surface area is 104 Å².